The van der Waals surface area contributed by atoms with Crippen LogP contribution in [0.3, 0.4) is 0 Å². The lowest BCUT2D eigenvalue weighted by molar-refractivity contribution is -0.148. The van der Waals surface area contributed by atoms with E-state index < -0.39 is 31.2 Å². The number of rotatable bonds is 6. The number of hydrogen-bond acceptors (Lipinski definition) is 4. The number of nitriles is 1. The number of esters is 1. The van der Waals surface area contributed by atoms with Crippen molar-refractivity contribution in [1.29, 1.82) is 5.26 Å². The van der Waals surface area contributed by atoms with E-state index in [1.54, 1.807) is 11.4 Å². The standard InChI is InChI=1S/C20H24F3N3O3/c1-13-8-15(14(2)26(13)17-6-4-3-5-7-17)9-16(10-24)19(28)29-11-18(27)25-12-20(21,22)23/h8-9,17H,3-7,11-12H2,1-2H3,(H,25,27)/b16-9+. The lowest BCUT2D eigenvalue weighted by atomic mass is 9.95. The molecule has 158 valence electrons. The first kappa shape index (κ1) is 22.5. The highest BCUT2D eigenvalue weighted by atomic mass is 19.4. The van der Waals surface area contributed by atoms with Gasteiger partial charge in [-0.15, -0.1) is 0 Å². The Labute approximate surface area is 167 Å². The highest BCUT2D eigenvalue weighted by Crippen LogP contribution is 2.32. The molecule has 1 aliphatic carbocycles. The molecule has 0 saturated heterocycles. The molecular weight excluding hydrogens is 387 g/mol. The molecule has 1 aromatic heterocycles. The maximum Gasteiger partial charge on any atom is 0.405 e. The number of hydrogen-bond donors (Lipinski definition) is 1. The van der Waals surface area contributed by atoms with E-state index in [0.29, 0.717) is 11.6 Å². The Morgan fingerprint density at radius 1 is 1.31 bits per heavy atom. The van der Waals surface area contributed by atoms with E-state index in [1.165, 1.54) is 25.3 Å². The third-order valence-electron chi connectivity index (χ3n) is 4.92. The van der Waals surface area contributed by atoms with Crippen LogP contribution in [-0.4, -0.2) is 35.8 Å². The summed E-state index contributed by atoms with van der Waals surface area (Å²) in [6.45, 7) is 1.47. The van der Waals surface area contributed by atoms with Gasteiger partial charge in [-0.1, -0.05) is 19.3 Å². The van der Waals surface area contributed by atoms with Gasteiger partial charge >= 0.3 is 12.1 Å². The number of ether oxygens (including phenoxy) is 1. The maximum atomic E-state index is 12.1. The number of nitrogens with one attached hydrogen (secondary N) is 1. The molecule has 0 unspecified atom stereocenters. The van der Waals surface area contributed by atoms with Gasteiger partial charge in [0.2, 0.25) is 0 Å². The summed E-state index contributed by atoms with van der Waals surface area (Å²) in [6, 6.07) is 4.00. The molecule has 1 N–H and O–H groups in total. The van der Waals surface area contributed by atoms with Gasteiger partial charge in [-0.3, -0.25) is 4.79 Å². The van der Waals surface area contributed by atoms with Gasteiger partial charge in [0.1, 0.15) is 18.2 Å². The molecule has 1 saturated carbocycles. The van der Waals surface area contributed by atoms with Crippen LogP contribution in [0, 0.1) is 25.2 Å². The van der Waals surface area contributed by atoms with Crippen LogP contribution in [0.1, 0.15) is 55.1 Å². The van der Waals surface area contributed by atoms with Crippen LogP contribution in [-0.2, 0) is 14.3 Å². The van der Waals surface area contributed by atoms with E-state index in [9.17, 15) is 28.0 Å². The molecule has 1 heterocycles. The van der Waals surface area contributed by atoms with Crippen molar-refractivity contribution in [2.75, 3.05) is 13.2 Å². The molecule has 1 amide bonds. The van der Waals surface area contributed by atoms with Crippen LogP contribution in [0.15, 0.2) is 11.6 Å². The Morgan fingerprint density at radius 3 is 2.55 bits per heavy atom. The second-order valence-corrected chi connectivity index (χ2v) is 7.13. The van der Waals surface area contributed by atoms with Gasteiger partial charge in [-0.2, -0.15) is 18.4 Å². The first-order valence-electron chi connectivity index (χ1n) is 9.43. The molecule has 0 aliphatic heterocycles. The molecule has 0 bridgehead atoms. The minimum atomic E-state index is -4.56. The van der Waals surface area contributed by atoms with Crippen molar-refractivity contribution in [3.63, 3.8) is 0 Å². The molecule has 0 radical (unpaired) electrons. The van der Waals surface area contributed by atoms with Crippen LogP contribution >= 0.6 is 0 Å². The van der Waals surface area contributed by atoms with E-state index in [2.05, 4.69) is 9.30 Å². The summed E-state index contributed by atoms with van der Waals surface area (Å²) in [6.07, 6.45) is 2.55. The molecule has 1 aromatic rings. The number of carbonyl (C=O) groups is 2. The average Bonchev–Trinajstić information content (AvgIpc) is 2.95. The van der Waals surface area contributed by atoms with Crippen LogP contribution in [0.25, 0.3) is 6.08 Å². The summed E-state index contributed by atoms with van der Waals surface area (Å²) in [5, 5.41) is 10.9. The molecule has 0 aromatic carbocycles. The number of amides is 1. The second kappa shape index (κ2) is 9.63. The zero-order chi connectivity index (χ0) is 21.6. The fourth-order valence-corrected chi connectivity index (χ4v) is 3.60. The number of aromatic nitrogens is 1. The number of alkyl halides is 3. The lowest BCUT2D eigenvalue weighted by Crippen LogP contribution is -2.36. The van der Waals surface area contributed by atoms with Gasteiger partial charge in [0.05, 0.1) is 0 Å². The summed E-state index contributed by atoms with van der Waals surface area (Å²) in [5.74, 6) is -2.15. The monoisotopic (exact) mass is 411 g/mol. The van der Waals surface area contributed by atoms with Gasteiger partial charge in [-0.05, 0) is 44.4 Å². The Bertz CT molecular complexity index is 828. The highest BCUT2D eigenvalue weighted by molar-refractivity contribution is 5.99. The molecule has 2 rings (SSSR count). The van der Waals surface area contributed by atoms with Crippen LogP contribution in [0.2, 0.25) is 0 Å². The third kappa shape index (κ3) is 6.38. The summed E-state index contributed by atoms with van der Waals surface area (Å²) in [4.78, 5) is 23.4. The smallest absolute Gasteiger partial charge is 0.405 e. The molecule has 0 atom stereocenters. The molecule has 6 nitrogen and oxygen atoms in total. The minimum Gasteiger partial charge on any atom is -0.451 e. The van der Waals surface area contributed by atoms with E-state index in [1.807, 2.05) is 19.9 Å². The summed E-state index contributed by atoms with van der Waals surface area (Å²) in [5.41, 5.74) is 2.33. The normalized spacial score (nSPS) is 15.7. The maximum absolute atomic E-state index is 12.1. The van der Waals surface area contributed by atoms with Crippen molar-refractivity contribution in [3.05, 3.63) is 28.6 Å². The van der Waals surface area contributed by atoms with Crippen LogP contribution in [0.5, 0.6) is 0 Å². The van der Waals surface area contributed by atoms with Gasteiger partial charge in [0.25, 0.3) is 5.91 Å². The zero-order valence-electron chi connectivity index (χ0n) is 16.4. The predicted molar refractivity (Wildman–Crippen MR) is 99.6 cm³/mol. The van der Waals surface area contributed by atoms with Crippen molar-refractivity contribution in [1.82, 2.24) is 9.88 Å². The number of carbonyl (C=O) groups excluding carboxylic acids is 2. The van der Waals surface area contributed by atoms with Crippen LogP contribution in [0.4, 0.5) is 13.2 Å². The topological polar surface area (TPSA) is 84.1 Å². The molecule has 0 spiro atoms. The largest absolute Gasteiger partial charge is 0.451 e. The van der Waals surface area contributed by atoms with E-state index >= 15 is 0 Å². The van der Waals surface area contributed by atoms with Crippen molar-refractivity contribution in [3.8, 4) is 6.07 Å². The average molecular weight is 411 g/mol. The Kier molecular flexibility index (Phi) is 7.48. The van der Waals surface area contributed by atoms with Gasteiger partial charge in [0.15, 0.2) is 6.61 Å². The number of aryl methyl sites for hydroxylation is 1. The first-order chi connectivity index (χ1) is 13.6. The number of halogens is 3. The fraction of sp³-hybridized carbons (Fsp3) is 0.550. The fourth-order valence-electron chi connectivity index (χ4n) is 3.60. The first-order valence-corrected chi connectivity index (χ1v) is 9.43. The van der Waals surface area contributed by atoms with Crippen molar-refractivity contribution in [2.24, 2.45) is 0 Å². The third-order valence-corrected chi connectivity index (χ3v) is 4.92. The van der Waals surface area contributed by atoms with Gasteiger partial charge in [-0.25, -0.2) is 4.79 Å². The Balaban J connectivity index is 2.06. The Hall–Kier alpha value is -2.76. The van der Waals surface area contributed by atoms with E-state index in [-0.39, 0.29) is 5.57 Å². The SMILES string of the molecule is Cc1cc(/C=C(\C#N)C(=O)OCC(=O)NCC(F)(F)F)c(C)n1C1CCCCC1. The highest BCUT2D eigenvalue weighted by Gasteiger charge is 2.28. The number of nitrogens with zero attached hydrogens (tertiary/aromatic N) is 2. The molecule has 9 heteroatoms. The lowest BCUT2D eigenvalue weighted by Gasteiger charge is -2.26. The van der Waals surface area contributed by atoms with Crippen molar-refractivity contribution >= 4 is 18.0 Å². The zero-order valence-corrected chi connectivity index (χ0v) is 16.4. The van der Waals surface area contributed by atoms with E-state index in [0.717, 1.165) is 24.2 Å². The van der Waals surface area contributed by atoms with Crippen molar-refractivity contribution in [2.45, 2.75) is 58.2 Å². The quantitative estimate of drug-likeness (QED) is 0.439. The second-order valence-electron chi connectivity index (χ2n) is 7.13. The molecule has 1 fully saturated rings. The molecular formula is C20H24F3N3O3. The van der Waals surface area contributed by atoms with Gasteiger partial charge < -0.3 is 14.6 Å². The van der Waals surface area contributed by atoms with Crippen molar-refractivity contribution < 1.29 is 27.5 Å². The predicted octanol–water partition coefficient (Wildman–Crippen LogP) is 3.74. The van der Waals surface area contributed by atoms with E-state index in [4.69, 9.17) is 0 Å². The summed E-state index contributed by atoms with van der Waals surface area (Å²) >= 11 is 0. The summed E-state index contributed by atoms with van der Waals surface area (Å²) < 4.78 is 43.1. The summed E-state index contributed by atoms with van der Waals surface area (Å²) in [7, 11) is 0. The van der Waals surface area contributed by atoms with Gasteiger partial charge in [0, 0.05) is 17.4 Å². The minimum absolute atomic E-state index is 0.322. The molecule has 1 aliphatic rings. The van der Waals surface area contributed by atoms with Crippen LogP contribution < -0.4 is 5.32 Å². The molecule has 29 heavy (non-hydrogen) atoms. The Morgan fingerprint density at radius 2 is 1.97 bits per heavy atom.